The van der Waals surface area contributed by atoms with Gasteiger partial charge in [0.2, 0.25) is 5.95 Å². The molecule has 3 atom stereocenters. The van der Waals surface area contributed by atoms with Gasteiger partial charge in [-0.1, -0.05) is 0 Å². The van der Waals surface area contributed by atoms with Gasteiger partial charge in [-0.15, -0.1) is 0 Å². The van der Waals surface area contributed by atoms with Gasteiger partial charge in [-0.3, -0.25) is 4.57 Å². The van der Waals surface area contributed by atoms with Crippen molar-refractivity contribution in [3.05, 3.63) is 16.8 Å². The van der Waals surface area contributed by atoms with Crippen molar-refractivity contribution in [2.24, 2.45) is 0 Å². The smallest absolute Gasteiger partial charge is 0.354 e. The summed E-state index contributed by atoms with van der Waals surface area (Å²) >= 11 is 0. The Kier molecular flexibility index (Phi) is 5.16. The molecule has 18 heavy (non-hydrogen) atoms. The van der Waals surface area contributed by atoms with E-state index in [9.17, 15) is 9.90 Å². The molecule has 9 nitrogen and oxygen atoms in total. The lowest BCUT2D eigenvalue weighted by Crippen LogP contribution is -2.38. The third kappa shape index (κ3) is 3.47. The monoisotopic (exact) mass is 260 g/mol. The summed E-state index contributed by atoms with van der Waals surface area (Å²) in [5, 5.41) is 27.1. The zero-order chi connectivity index (χ0) is 13.7. The van der Waals surface area contributed by atoms with E-state index in [0.717, 1.165) is 10.9 Å². The summed E-state index contributed by atoms with van der Waals surface area (Å²) in [7, 11) is 0. The molecule has 0 aromatic carbocycles. The molecule has 1 aromatic heterocycles. The Morgan fingerprint density at radius 2 is 2.17 bits per heavy atom. The van der Waals surface area contributed by atoms with Gasteiger partial charge >= 0.3 is 5.69 Å². The Morgan fingerprint density at radius 3 is 2.67 bits per heavy atom. The van der Waals surface area contributed by atoms with Crippen LogP contribution in [0.5, 0.6) is 0 Å². The molecule has 0 aliphatic carbocycles. The van der Waals surface area contributed by atoms with Gasteiger partial charge in [0.15, 0.2) is 0 Å². The number of nitrogens with two attached hydrogens (primary N) is 1. The fraction of sp³-hybridized carbons (Fsp3) is 0.667. The van der Waals surface area contributed by atoms with Crippen LogP contribution in [-0.2, 0) is 4.74 Å². The standard InChI is InChI=1S/C9H16N4O5/c1-5(18-7(3-15)6(16)2-14)13-4-11-8(10)12-9(13)17/h4-7,14-16H,2-3H2,1H3,(H2,10,12,17). The van der Waals surface area contributed by atoms with Gasteiger partial charge in [0, 0.05) is 0 Å². The second kappa shape index (κ2) is 6.40. The van der Waals surface area contributed by atoms with Crippen LogP contribution in [0.2, 0.25) is 0 Å². The molecule has 0 amide bonds. The lowest BCUT2D eigenvalue weighted by atomic mass is 10.2. The van der Waals surface area contributed by atoms with Crippen molar-refractivity contribution in [2.45, 2.75) is 25.4 Å². The topological polar surface area (TPSA) is 144 Å². The van der Waals surface area contributed by atoms with E-state index in [1.807, 2.05) is 0 Å². The van der Waals surface area contributed by atoms with Gasteiger partial charge in [0.25, 0.3) is 0 Å². The summed E-state index contributed by atoms with van der Waals surface area (Å²) in [5.41, 5.74) is 4.57. The number of aliphatic hydroxyl groups is 3. The van der Waals surface area contributed by atoms with E-state index >= 15 is 0 Å². The molecule has 0 saturated heterocycles. The Hall–Kier alpha value is -1.55. The van der Waals surface area contributed by atoms with Crippen molar-refractivity contribution in [3.8, 4) is 0 Å². The minimum atomic E-state index is -1.25. The number of aromatic nitrogens is 3. The van der Waals surface area contributed by atoms with Gasteiger partial charge in [0.05, 0.1) is 13.2 Å². The largest absolute Gasteiger partial charge is 0.394 e. The molecule has 1 aromatic rings. The number of anilines is 1. The van der Waals surface area contributed by atoms with Gasteiger partial charge in [-0.2, -0.15) is 4.98 Å². The van der Waals surface area contributed by atoms with E-state index in [1.165, 1.54) is 6.92 Å². The molecule has 1 rings (SSSR count). The molecule has 102 valence electrons. The molecular weight excluding hydrogens is 244 g/mol. The van der Waals surface area contributed by atoms with Crippen LogP contribution in [0.4, 0.5) is 5.95 Å². The summed E-state index contributed by atoms with van der Waals surface area (Å²) in [5.74, 6) is -0.155. The number of aliphatic hydroxyl groups excluding tert-OH is 3. The van der Waals surface area contributed by atoms with Crippen LogP contribution in [0.25, 0.3) is 0 Å². The Bertz CT molecular complexity index is 437. The molecule has 0 bridgehead atoms. The van der Waals surface area contributed by atoms with Crippen LogP contribution in [-0.4, -0.2) is 55.3 Å². The fourth-order valence-electron chi connectivity index (χ4n) is 1.30. The molecule has 9 heteroatoms. The highest BCUT2D eigenvalue weighted by Gasteiger charge is 2.22. The van der Waals surface area contributed by atoms with Crippen molar-refractivity contribution >= 4 is 5.95 Å². The van der Waals surface area contributed by atoms with E-state index in [4.69, 9.17) is 20.7 Å². The van der Waals surface area contributed by atoms with Crippen LogP contribution in [0.15, 0.2) is 11.1 Å². The second-order valence-electron chi connectivity index (χ2n) is 3.61. The highest BCUT2D eigenvalue weighted by Crippen LogP contribution is 2.10. The van der Waals surface area contributed by atoms with E-state index in [1.54, 1.807) is 0 Å². The number of ether oxygens (including phenoxy) is 1. The van der Waals surface area contributed by atoms with Crippen molar-refractivity contribution in [1.82, 2.24) is 14.5 Å². The van der Waals surface area contributed by atoms with E-state index in [0.29, 0.717) is 0 Å². The van der Waals surface area contributed by atoms with Gasteiger partial charge in [-0.25, -0.2) is 9.78 Å². The van der Waals surface area contributed by atoms with Crippen LogP contribution >= 0.6 is 0 Å². The average Bonchev–Trinajstić information content (AvgIpc) is 2.34. The Labute approximate surface area is 102 Å². The van der Waals surface area contributed by atoms with Gasteiger partial charge < -0.3 is 25.8 Å². The lowest BCUT2D eigenvalue weighted by molar-refractivity contribution is -0.127. The highest BCUT2D eigenvalue weighted by atomic mass is 16.5. The molecule has 0 saturated carbocycles. The van der Waals surface area contributed by atoms with E-state index < -0.39 is 37.3 Å². The highest BCUT2D eigenvalue weighted by molar-refractivity contribution is 5.09. The second-order valence-corrected chi connectivity index (χ2v) is 3.61. The number of nitrogens with zero attached hydrogens (tertiary/aromatic N) is 3. The maximum Gasteiger partial charge on any atom is 0.354 e. The summed E-state index contributed by atoms with van der Waals surface area (Å²) in [6, 6.07) is 0. The Morgan fingerprint density at radius 1 is 1.50 bits per heavy atom. The molecule has 3 unspecified atom stereocenters. The van der Waals surface area contributed by atoms with Crippen LogP contribution in [0.3, 0.4) is 0 Å². The summed E-state index contributed by atoms with van der Waals surface area (Å²) < 4.78 is 6.29. The molecule has 0 radical (unpaired) electrons. The normalized spacial score (nSPS) is 16.2. The van der Waals surface area contributed by atoms with Crippen molar-refractivity contribution in [3.63, 3.8) is 0 Å². The quantitative estimate of drug-likeness (QED) is 0.438. The third-order valence-corrected chi connectivity index (χ3v) is 2.31. The fourth-order valence-corrected chi connectivity index (χ4v) is 1.30. The van der Waals surface area contributed by atoms with Gasteiger partial charge in [0.1, 0.15) is 24.8 Å². The van der Waals surface area contributed by atoms with E-state index in [2.05, 4.69) is 9.97 Å². The van der Waals surface area contributed by atoms with Crippen LogP contribution in [0.1, 0.15) is 13.2 Å². The lowest BCUT2D eigenvalue weighted by Gasteiger charge is -2.24. The van der Waals surface area contributed by atoms with Crippen LogP contribution < -0.4 is 11.4 Å². The van der Waals surface area contributed by atoms with Crippen molar-refractivity contribution in [2.75, 3.05) is 18.9 Å². The first kappa shape index (κ1) is 14.5. The van der Waals surface area contributed by atoms with Gasteiger partial charge in [-0.05, 0) is 6.92 Å². The van der Waals surface area contributed by atoms with Crippen molar-refractivity contribution < 1.29 is 20.1 Å². The molecule has 0 spiro atoms. The first-order valence-electron chi connectivity index (χ1n) is 5.25. The summed E-state index contributed by atoms with van der Waals surface area (Å²) in [4.78, 5) is 18.5. The third-order valence-electron chi connectivity index (χ3n) is 2.31. The first-order chi connectivity index (χ1) is 8.49. The van der Waals surface area contributed by atoms with E-state index in [-0.39, 0.29) is 5.95 Å². The number of hydrogen-bond donors (Lipinski definition) is 4. The zero-order valence-electron chi connectivity index (χ0n) is 9.80. The zero-order valence-corrected chi connectivity index (χ0v) is 9.80. The molecule has 0 aliphatic rings. The minimum Gasteiger partial charge on any atom is -0.394 e. The molecule has 5 N–H and O–H groups in total. The number of nitrogen functional groups attached to an aromatic ring is 1. The molecule has 0 fully saturated rings. The first-order valence-corrected chi connectivity index (χ1v) is 5.25. The Balaban J connectivity index is 2.81. The van der Waals surface area contributed by atoms with Crippen molar-refractivity contribution in [1.29, 1.82) is 0 Å². The summed E-state index contributed by atoms with van der Waals surface area (Å²) in [6.07, 6.45) is -1.94. The SMILES string of the molecule is CC(OC(CO)C(O)CO)n1cnc(N)nc1=O. The summed E-state index contributed by atoms with van der Waals surface area (Å²) in [6.45, 7) is 0.440. The molecular formula is C9H16N4O5. The predicted octanol–water partition coefficient (Wildman–Crippen LogP) is -2.53. The molecule has 0 aliphatic heterocycles. The van der Waals surface area contributed by atoms with Crippen LogP contribution in [0, 0.1) is 0 Å². The average molecular weight is 260 g/mol. The number of hydrogen-bond acceptors (Lipinski definition) is 8. The minimum absolute atomic E-state index is 0.155. The maximum absolute atomic E-state index is 11.5. The predicted molar refractivity (Wildman–Crippen MR) is 60.5 cm³/mol. The molecule has 1 heterocycles. The maximum atomic E-state index is 11.5. The number of rotatable bonds is 6.